The van der Waals surface area contributed by atoms with Crippen LogP contribution in [0, 0.1) is 3.57 Å². The first-order valence-electron chi connectivity index (χ1n) is 5.75. The van der Waals surface area contributed by atoms with Crippen molar-refractivity contribution in [3.8, 4) is 0 Å². The van der Waals surface area contributed by atoms with Crippen LogP contribution in [-0.2, 0) is 9.84 Å². The molecule has 0 aliphatic heterocycles. The number of hydrogen-bond donors (Lipinski definition) is 1. The van der Waals surface area contributed by atoms with E-state index in [1.54, 1.807) is 24.3 Å². The summed E-state index contributed by atoms with van der Waals surface area (Å²) >= 11 is 2.09. The van der Waals surface area contributed by atoms with E-state index in [1.807, 2.05) is 0 Å². The van der Waals surface area contributed by atoms with Gasteiger partial charge in [-0.25, -0.2) is 8.42 Å². The number of benzene rings is 2. The molecule has 0 aliphatic rings. The number of sulfone groups is 1. The molecule has 0 bridgehead atoms. The van der Waals surface area contributed by atoms with Gasteiger partial charge in [-0.3, -0.25) is 4.79 Å². The topological polar surface area (TPSA) is 77.2 Å². The second-order valence-corrected chi connectivity index (χ2v) is 7.49. The molecule has 2 aromatic carbocycles. The molecule has 0 aromatic heterocycles. The zero-order valence-electron chi connectivity index (χ0n) is 10.4. The number of rotatable bonds is 4. The molecule has 0 atom stereocenters. The smallest absolute Gasteiger partial charge is 0.185 e. The average molecular weight is 401 g/mol. The van der Waals surface area contributed by atoms with Crippen LogP contribution in [-0.4, -0.2) is 20.0 Å². The summed E-state index contributed by atoms with van der Waals surface area (Å²) in [4.78, 5) is 12.1. The molecule has 104 valence electrons. The van der Waals surface area contributed by atoms with E-state index in [1.165, 1.54) is 24.3 Å². The monoisotopic (exact) mass is 401 g/mol. The molecular weight excluding hydrogens is 389 g/mol. The van der Waals surface area contributed by atoms with Crippen molar-refractivity contribution in [3.63, 3.8) is 0 Å². The summed E-state index contributed by atoms with van der Waals surface area (Å²) in [5.41, 5.74) is 6.40. The Kier molecular flexibility index (Phi) is 4.44. The minimum absolute atomic E-state index is 0.154. The molecule has 2 rings (SSSR count). The van der Waals surface area contributed by atoms with Crippen LogP contribution in [0.15, 0.2) is 53.4 Å². The summed E-state index contributed by atoms with van der Waals surface area (Å²) < 4.78 is 25.2. The van der Waals surface area contributed by atoms with Gasteiger partial charge in [0.05, 0.1) is 4.90 Å². The number of carbonyl (C=O) groups is 1. The Bertz CT molecular complexity index is 722. The highest BCUT2D eigenvalue weighted by molar-refractivity contribution is 14.1. The van der Waals surface area contributed by atoms with Gasteiger partial charge in [-0.15, -0.1) is 0 Å². The number of ketones is 1. The minimum atomic E-state index is -3.62. The lowest BCUT2D eigenvalue weighted by atomic mass is 10.1. The van der Waals surface area contributed by atoms with Crippen LogP contribution < -0.4 is 5.73 Å². The number of carbonyl (C=O) groups excluding carboxylic acids is 1. The molecule has 0 saturated carbocycles. The van der Waals surface area contributed by atoms with Gasteiger partial charge in [0.25, 0.3) is 0 Å². The highest BCUT2D eigenvalue weighted by atomic mass is 127. The molecule has 2 N–H and O–H groups in total. The standard InChI is InChI=1S/C14H12INO3S/c15-11-3-7-13(8-4-11)20(18,19)9-14(17)10-1-5-12(16)6-2-10/h1-8H,9,16H2. The third kappa shape index (κ3) is 3.57. The van der Waals surface area contributed by atoms with Gasteiger partial charge in [-0.2, -0.15) is 0 Å². The van der Waals surface area contributed by atoms with E-state index >= 15 is 0 Å². The fourth-order valence-electron chi connectivity index (χ4n) is 1.65. The summed E-state index contributed by atoms with van der Waals surface area (Å²) in [5.74, 6) is -0.985. The zero-order chi connectivity index (χ0) is 14.8. The zero-order valence-corrected chi connectivity index (χ0v) is 13.4. The number of nitrogens with two attached hydrogens (primary N) is 1. The number of hydrogen-bond acceptors (Lipinski definition) is 4. The van der Waals surface area contributed by atoms with Gasteiger partial charge in [0.15, 0.2) is 15.6 Å². The van der Waals surface area contributed by atoms with E-state index in [4.69, 9.17) is 5.73 Å². The van der Waals surface area contributed by atoms with Crippen molar-refractivity contribution in [1.29, 1.82) is 0 Å². The molecule has 0 spiro atoms. The lowest BCUT2D eigenvalue weighted by Gasteiger charge is -2.05. The third-order valence-corrected chi connectivity index (χ3v) is 5.08. The molecule has 0 saturated heterocycles. The Balaban J connectivity index is 2.22. The molecule has 0 heterocycles. The van der Waals surface area contributed by atoms with E-state index in [0.29, 0.717) is 11.3 Å². The molecule has 4 nitrogen and oxygen atoms in total. The van der Waals surface area contributed by atoms with Crippen LogP contribution >= 0.6 is 22.6 Å². The maximum absolute atomic E-state index is 12.1. The van der Waals surface area contributed by atoms with Crippen LogP contribution in [0.1, 0.15) is 10.4 Å². The summed E-state index contributed by atoms with van der Waals surface area (Å²) in [5, 5.41) is 0. The predicted molar refractivity (Wildman–Crippen MR) is 86.4 cm³/mol. The molecule has 6 heteroatoms. The van der Waals surface area contributed by atoms with Crippen molar-refractivity contribution in [2.24, 2.45) is 0 Å². The van der Waals surface area contributed by atoms with Gasteiger partial charge < -0.3 is 5.73 Å². The molecule has 20 heavy (non-hydrogen) atoms. The fraction of sp³-hybridized carbons (Fsp3) is 0.0714. The SMILES string of the molecule is Nc1ccc(C(=O)CS(=O)(=O)c2ccc(I)cc2)cc1. The maximum atomic E-state index is 12.1. The normalized spacial score (nSPS) is 11.2. The molecule has 0 unspecified atom stereocenters. The molecule has 0 amide bonds. The van der Waals surface area contributed by atoms with Crippen molar-refractivity contribution in [2.75, 3.05) is 11.5 Å². The molecule has 2 aromatic rings. The van der Waals surface area contributed by atoms with E-state index in [9.17, 15) is 13.2 Å². The lowest BCUT2D eigenvalue weighted by Crippen LogP contribution is -2.16. The van der Waals surface area contributed by atoms with Crippen molar-refractivity contribution < 1.29 is 13.2 Å². The quantitative estimate of drug-likeness (QED) is 0.485. The van der Waals surface area contributed by atoms with E-state index in [-0.39, 0.29) is 4.90 Å². The minimum Gasteiger partial charge on any atom is -0.399 e. The highest BCUT2D eigenvalue weighted by Gasteiger charge is 2.20. The lowest BCUT2D eigenvalue weighted by molar-refractivity contribution is 0.102. The molecule has 0 radical (unpaired) electrons. The Morgan fingerprint density at radius 3 is 2.10 bits per heavy atom. The van der Waals surface area contributed by atoms with Gasteiger partial charge in [0, 0.05) is 14.8 Å². The van der Waals surface area contributed by atoms with Crippen LogP contribution in [0.2, 0.25) is 0 Å². The fourth-order valence-corrected chi connectivity index (χ4v) is 3.24. The van der Waals surface area contributed by atoms with Crippen LogP contribution in [0.3, 0.4) is 0 Å². The first-order chi connectivity index (χ1) is 9.38. The van der Waals surface area contributed by atoms with Gasteiger partial charge >= 0.3 is 0 Å². The number of anilines is 1. The van der Waals surface area contributed by atoms with Crippen molar-refractivity contribution in [2.45, 2.75) is 4.90 Å². The molecule has 0 fully saturated rings. The van der Waals surface area contributed by atoms with E-state index in [2.05, 4.69) is 22.6 Å². The Hall–Kier alpha value is -1.41. The number of Topliss-reactive ketones (excluding diaryl/α,β-unsaturated/α-hetero) is 1. The van der Waals surface area contributed by atoms with Gasteiger partial charge in [0.2, 0.25) is 0 Å². The van der Waals surface area contributed by atoms with Crippen LogP contribution in [0.25, 0.3) is 0 Å². The Morgan fingerprint density at radius 1 is 1.00 bits per heavy atom. The van der Waals surface area contributed by atoms with Crippen molar-refractivity contribution in [3.05, 3.63) is 57.7 Å². The predicted octanol–water partition coefficient (Wildman–Crippen LogP) is 2.53. The second kappa shape index (κ2) is 5.92. The highest BCUT2D eigenvalue weighted by Crippen LogP contribution is 2.15. The second-order valence-electron chi connectivity index (χ2n) is 4.26. The van der Waals surface area contributed by atoms with Gasteiger partial charge in [-0.05, 0) is 71.1 Å². The first kappa shape index (κ1) is 15.0. The average Bonchev–Trinajstić information content (AvgIpc) is 2.39. The number of halogens is 1. The third-order valence-electron chi connectivity index (χ3n) is 2.73. The van der Waals surface area contributed by atoms with E-state index < -0.39 is 21.4 Å². The summed E-state index contributed by atoms with van der Waals surface area (Å²) in [6.45, 7) is 0. The summed E-state index contributed by atoms with van der Waals surface area (Å²) in [7, 11) is -3.62. The first-order valence-corrected chi connectivity index (χ1v) is 8.49. The van der Waals surface area contributed by atoms with Crippen molar-refractivity contribution >= 4 is 43.9 Å². The maximum Gasteiger partial charge on any atom is 0.185 e. The molecule has 0 aliphatic carbocycles. The summed E-state index contributed by atoms with van der Waals surface area (Å²) in [6, 6.07) is 12.6. The van der Waals surface area contributed by atoms with Gasteiger partial charge in [0.1, 0.15) is 5.75 Å². The molecular formula is C14H12INO3S. The Labute approximate surface area is 131 Å². The summed E-state index contributed by atoms with van der Waals surface area (Å²) in [6.07, 6.45) is 0. The van der Waals surface area contributed by atoms with Gasteiger partial charge in [-0.1, -0.05) is 0 Å². The Morgan fingerprint density at radius 2 is 1.55 bits per heavy atom. The number of nitrogen functional groups attached to an aromatic ring is 1. The largest absolute Gasteiger partial charge is 0.399 e. The van der Waals surface area contributed by atoms with Crippen LogP contribution in [0.4, 0.5) is 5.69 Å². The van der Waals surface area contributed by atoms with E-state index in [0.717, 1.165) is 3.57 Å². The van der Waals surface area contributed by atoms with Crippen LogP contribution in [0.5, 0.6) is 0 Å². The van der Waals surface area contributed by atoms with Crippen molar-refractivity contribution in [1.82, 2.24) is 0 Å².